The number of piperidine rings is 1. The normalized spacial score (nSPS) is 15.7. The van der Waals surface area contributed by atoms with Gasteiger partial charge in [-0.2, -0.15) is 0 Å². The van der Waals surface area contributed by atoms with Crippen molar-refractivity contribution in [2.75, 3.05) is 18.4 Å². The molecule has 7 heteroatoms. The number of anilines is 2. The van der Waals surface area contributed by atoms with Crippen molar-refractivity contribution < 1.29 is 13.6 Å². The van der Waals surface area contributed by atoms with E-state index in [-0.39, 0.29) is 5.91 Å². The molecule has 2 aromatic rings. The molecule has 23 heavy (non-hydrogen) atoms. The van der Waals surface area contributed by atoms with E-state index >= 15 is 0 Å². The van der Waals surface area contributed by atoms with E-state index in [2.05, 4.69) is 17.2 Å². The standard InChI is InChI=1S/C16H17F2N3OS/c1-10-4-6-21(7-5-10)15(22)14-9-23-16(20-14)19-11-2-3-12(17)13(18)8-11/h2-3,8-10H,4-7H2,1H3,(H,19,20). The summed E-state index contributed by atoms with van der Waals surface area (Å²) in [6.45, 7) is 3.70. The predicted octanol–water partition coefficient (Wildman–Crippen LogP) is 4.04. The van der Waals surface area contributed by atoms with E-state index in [4.69, 9.17) is 0 Å². The fraction of sp³-hybridized carbons (Fsp3) is 0.375. The number of amides is 1. The minimum atomic E-state index is -0.926. The Bertz CT molecular complexity index is 711. The minimum absolute atomic E-state index is 0.0773. The molecule has 0 spiro atoms. The summed E-state index contributed by atoms with van der Waals surface area (Å²) >= 11 is 1.26. The molecule has 1 saturated heterocycles. The Morgan fingerprint density at radius 2 is 2.04 bits per heavy atom. The number of halogens is 2. The Labute approximate surface area is 137 Å². The lowest BCUT2D eigenvalue weighted by Crippen LogP contribution is -2.38. The molecule has 1 aromatic carbocycles. The molecule has 0 aliphatic carbocycles. The number of aromatic nitrogens is 1. The molecule has 0 atom stereocenters. The third-order valence-corrected chi connectivity index (χ3v) is 4.72. The van der Waals surface area contributed by atoms with Crippen LogP contribution in [0.5, 0.6) is 0 Å². The summed E-state index contributed by atoms with van der Waals surface area (Å²) in [5.74, 6) is -1.25. The number of carbonyl (C=O) groups excluding carboxylic acids is 1. The van der Waals surface area contributed by atoms with Gasteiger partial charge in [-0.05, 0) is 30.9 Å². The summed E-state index contributed by atoms with van der Waals surface area (Å²) in [6, 6.07) is 3.53. The van der Waals surface area contributed by atoms with Crippen molar-refractivity contribution in [2.45, 2.75) is 19.8 Å². The molecule has 2 heterocycles. The van der Waals surface area contributed by atoms with Crippen LogP contribution in [0.25, 0.3) is 0 Å². The van der Waals surface area contributed by atoms with E-state index < -0.39 is 11.6 Å². The number of nitrogens with one attached hydrogen (secondary N) is 1. The van der Waals surface area contributed by atoms with Crippen LogP contribution in [-0.2, 0) is 0 Å². The van der Waals surface area contributed by atoms with E-state index in [1.165, 1.54) is 17.4 Å². The van der Waals surface area contributed by atoms with Crippen LogP contribution in [0, 0.1) is 17.6 Å². The summed E-state index contributed by atoms with van der Waals surface area (Å²) in [4.78, 5) is 18.5. The van der Waals surface area contributed by atoms with Crippen LogP contribution in [0.4, 0.5) is 19.6 Å². The summed E-state index contributed by atoms with van der Waals surface area (Å²) in [5, 5.41) is 5.05. The third-order valence-electron chi connectivity index (χ3n) is 3.97. The molecular formula is C16H17F2N3OS. The van der Waals surface area contributed by atoms with Crippen molar-refractivity contribution in [3.8, 4) is 0 Å². The smallest absolute Gasteiger partial charge is 0.273 e. The fourth-order valence-corrected chi connectivity index (χ4v) is 3.21. The molecule has 0 radical (unpaired) electrons. The van der Waals surface area contributed by atoms with Crippen molar-refractivity contribution in [3.05, 3.63) is 40.9 Å². The second-order valence-corrected chi connectivity index (χ2v) is 6.62. The monoisotopic (exact) mass is 337 g/mol. The van der Waals surface area contributed by atoms with Crippen LogP contribution in [-0.4, -0.2) is 28.9 Å². The minimum Gasteiger partial charge on any atom is -0.337 e. The van der Waals surface area contributed by atoms with E-state index in [0.717, 1.165) is 38.1 Å². The quantitative estimate of drug-likeness (QED) is 0.919. The zero-order valence-corrected chi connectivity index (χ0v) is 13.5. The van der Waals surface area contributed by atoms with Crippen LogP contribution in [0.1, 0.15) is 30.3 Å². The van der Waals surface area contributed by atoms with Crippen LogP contribution < -0.4 is 5.32 Å². The van der Waals surface area contributed by atoms with Gasteiger partial charge in [0, 0.05) is 30.2 Å². The maximum atomic E-state index is 13.2. The summed E-state index contributed by atoms with van der Waals surface area (Å²) < 4.78 is 26.1. The number of hydrogen-bond donors (Lipinski definition) is 1. The van der Waals surface area contributed by atoms with Gasteiger partial charge in [0.05, 0.1) is 0 Å². The Hall–Kier alpha value is -2.02. The van der Waals surface area contributed by atoms with Crippen LogP contribution in [0.15, 0.2) is 23.6 Å². The number of likely N-dealkylation sites (tertiary alicyclic amines) is 1. The molecule has 0 bridgehead atoms. The zero-order valence-electron chi connectivity index (χ0n) is 12.7. The molecule has 1 amide bonds. The number of nitrogens with zero attached hydrogens (tertiary/aromatic N) is 2. The lowest BCUT2D eigenvalue weighted by atomic mass is 9.99. The molecule has 0 unspecified atom stereocenters. The Morgan fingerprint density at radius 1 is 1.30 bits per heavy atom. The first-order valence-electron chi connectivity index (χ1n) is 7.50. The van der Waals surface area contributed by atoms with E-state index in [1.54, 1.807) is 5.38 Å². The third kappa shape index (κ3) is 3.67. The summed E-state index contributed by atoms with van der Waals surface area (Å²) in [5.41, 5.74) is 0.777. The molecule has 3 rings (SSSR count). The van der Waals surface area contributed by atoms with Gasteiger partial charge in [-0.3, -0.25) is 4.79 Å². The molecule has 1 aromatic heterocycles. The van der Waals surface area contributed by atoms with Gasteiger partial charge in [-0.15, -0.1) is 11.3 Å². The molecule has 1 N–H and O–H groups in total. The molecule has 1 aliphatic rings. The number of benzene rings is 1. The fourth-order valence-electron chi connectivity index (χ4n) is 2.50. The molecule has 122 valence electrons. The highest BCUT2D eigenvalue weighted by Crippen LogP contribution is 2.24. The lowest BCUT2D eigenvalue weighted by Gasteiger charge is -2.29. The van der Waals surface area contributed by atoms with Gasteiger partial charge in [-0.25, -0.2) is 13.8 Å². The molecule has 1 aliphatic heterocycles. The highest BCUT2D eigenvalue weighted by atomic mass is 32.1. The van der Waals surface area contributed by atoms with Crippen molar-refractivity contribution in [1.29, 1.82) is 0 Å². The van der Waals surface area contributed by atoms with Gasteiger partial charge < -0.3 is 10.2 Å². The second kappa shape index (κ2) is 6.62. The van der Waals surface area contributed by atoms with Crippen molar-refractivity contribution in [1.82, 2.24) is 9.88 Å². The summed E-state index contributed by atoms with van der Waals surface area (Å²) in [7, 11) is 0. The summed E-state index contributed by atoms with van der Waals surface area (Å²) in [6.07, 6.45) is 2.02. The first kappa shape index (κ1) is 15.9. The maximum absolute atomic E-state index is 13.2. The topological polar surface area (TPSA) is 45.2 Å². The SMILES string of the molecule is CC1CCN(C(=O)c2csc(Nc3ccc(F)c(F)c3)n2)CC1. The molecule has 1 fully saturated rings. The highest BCUT2D eigenvalue weighted by Gasteiger charge is 2.23. The van der Waals surface area contributed by atoms with Gasteiger partial charge in [0.15, 0.2) is 16.8 Å². The van der Waals surface area contributed by atoms with Gasteiger partial charge in [0.1, 0.15) is 5.69 Å². The Morgan fingerprint density at radius 3 is 2.74 bits per heavy atom. The van der Waals surface area contributed by atoms with Gasteiger partial charge in [-0.1, -0.05) is 6.92 Å². The number of thiazole rings is 1. The number of carbonyl (C=O) groups is 1. The van der Waals surface area contributed by atoms with Crippen molar-refractivity contribution >= 4 is 28.1 Å². The zero-order chi connectivity index (χ0) is 16.4. The largest absolute Gasteiger partial charge is 0.337 e. The first-order chi connectivity index (χ1) is 11.0. The number of hydrogen-bond acceptors (Lipinski definition) is 4. The predicted molar refractivity (Wildman–Crippen MR) is 86.1 cm³/mol. The average Bonchev–Trinajstić information content (AvgIpc) is 2.99. The lowest BCUT2D eigenvalue weighted by molar-refractivity contribution is 0.0692. The van der Waals surface area contributed by atoms with Crippen LogP contribution in [0.2, 0.25) is 0 Å². The maximum Gasteiger partial charge on any atom is 0.273 e. The molecule has 4 nitrogen and oxygen atoms in total. The van der Waals surface area contributed by atoms with Crippen LogP contribution in [0.3, 0.4) is 0 Å². The molecular weight excluding hydrogens is 320 g/mol. The Kier molecular flexibility index (Phi) is 4.56. The Balaban J connectivity index is 1.67. The van der Waals surface area contributed by atoms with Crippen molar-refractivity contribution in [2.24, 2.45) is 5.92 Å². The van der Waals surface area contributed by atoms with Crippen LogP contribution >= 0.6 is 11.3 Å². The van der Waals surface area contributed by atoms with Gasteiger partial charge in [0.25, 0.3) is 5.91 Å². The highest BCUT2D eigenvalue weighted by molar-refractivity contribution is 7.14. The average molecular weight is 337 g/mol. The number of rotatable bonds is 3. The van der Waals surface area contributed by atoms with E-state index in [1.807, 2.05) is 4.90 Å². The van der Waals surface area contributed by atoms with E-state index in [0.29, 0.717) is 22.4 Å². The van der Waals surface area contributed by atoms with Gasteiger partial charge in [0.2, 0.25) is 0 Å². The van der Waals surface area contributed by atoms with Gasteiger partial charge >= 0.3 is 0 Å². The van der Waals surface area contributed by atoms with Crippen molar-refractivity contribution in [3.63, 3.8) is 0 Å². The second-order valence-electron chi connectivity index (χ2n) is 5.77. The first-order valence-corrected chi connectivity index (χ1v) is 8.38. The molecule has 0 saturated carbocycles. The van der Waals surface area contributed by atoms with E-state index in [9.17, 15) is 13.6 Å².